The molecule has 1 atom stereocenters. The normalized spacial score (nSPS) is 15.0. The van der Waals surface area contributed by atoms with E-state index in [0.29, 0.717) is 12.2 Å². The maximum Gasteiger partial charge on any atom is 0.271 e. The molecule has 0 bridgehead atoms. The van der Waals surface area contributed by atoms with Gasteiger partial charge >= 0.3 is 0 Å². The molecule has 1 aliphatic rings. The van der Waals surface area contributed by atoms with Gasteiger partial charge in [0.1, 0.15) is 5.75 Å². The summed E-state index contributed by atoms with van der Waals surface area (Å²) >= 11 is 0. The van der Waals surface area contributed by atoms with Crippen LogP contribution in [0.3, 0.4) is 0 Å². The molecule has 0 saturated heterocycles. The fourth-order valence-corrected chi connectivity index (χ4v) is 4.21. The van der Waals surface area contributed by atoms with Gasteiger partial charge in [-0.25, -0.2) is 5.43 Å². The topological polar surface area (TPSA) is 79.2 Å². The smallest absolute Gasteiger partial charge is 0.271 e. The number of anilines is 1. The van der Waals surface area contributed by atoms with Gasteiger partial charge in [-0.2, -0.15) is 10.2 Å². The van der Waals surface area contributed by atoms with E-state index in [1.807, 2.05) is 61.5 Å². The van der Waals surface area contributed by atoms with Crippen LogP contribution in [0.5, 0.6) is 5.75 Å². The van der Waals surface area contributed by atoms with Crippen LogP contribution in [0.2, 0.25) is 0 Å². The zero-order valence-electron chi connectivity index (χ0n) is 20.5. The number of nitrogens with zero attached hydrogens (tertiary/aromatic N) is 4. The molecule has 0 saturated carbocycles. The van der Waals surface area contributed by atoms with Crippen molar-refractivity contribution in [3.05, 3.63) is 126 Å². The standard InChI is InChI=1S/C30H27N5O2/c1-2-37-27-14-10-24(11-15-27)29-20-28(23-6-4-3-5-7-23)34-35(29)26-12-8-22(9-13-26)21-32-33-30(36)25-16-18-31-19-17-25/h3-19,21,29H,2,20H2,1H3,(H,33,36)/b32-21-. The molecule has 1 amide bonds. The van der Waals surface area contributed by atoms with Gasteiger partial charge in [0.25, 0.3) is 5.91 Å². The number of benzene rings is 3. The molecular formula is C30H27N5O2. The van der Waals surface area contributed by atoms with E-state index < -0.39 is 0 Å². The largest absolute Gasteiger partial charge is 0.494 e. The molecule has 1 N–H and O–H groups in total. The molecule has 2 heterocycles. The first kappa shape index (κ1) is 23.9. The highest BCUT2D eigenvalue weighted by Gasteiger charge is 2.29. The summed E-state index contributed by atoms with van der Waals surface area (Å²) in [6.07, 6.45) is 5.56. The van der Waals surface area contributed by atoms with Crippen molar-refractivity contribution in [2.45, 2.75) is 19.4 Å². The van der Waals surface area contributed by atoms with E-state index >= 15 is 0 Å². The molecule has 0 spiro atoms. The average molecular weight is 490 g/mol. The Morgan fingerprint density at radius 2 is 1.73 bits per heavy atom. The summed E-state index contributed by atoms with van der Waals surface area (Å²) in [7, 11) is 0. The number of hydrogen-bond acceptors (Lipinski definition) is 6. The molecule has 4 aromatic rings. The number of rotatable bonds is 8. The molecule has 184 valence electrons. The molecule has 37 heavy (non-hydrogen) atoms. The highest BCUT2D eigenvalue weighted by Crippen LogP contribution is 2.37. The van der Waals surface area contributed by atoms with Crippen molar-refractivity contribution < 1.29 is 9.53 Å². The average Bonchev–Trinajstić information content (AvgIpc) is 3.40. The lowest BCUT2D eigenvalue weighted by Crippen LogP contribution is -2.18. The summed E-state index contributed by atoms with van der Waals surface area (Å²) in [6.45, 7) is 2.62. The lowest BCUT2D eigenvalue weighted by molar-refractivity contribution is 0.0955. The zero-order valence-corrected chi connectivity index (χ0v) is 20.5. The third-order valence-corrected chi connectivity index (χ3v) is 6.07. The maximum atomic E-state index is 12.2. The van der Waals surface area contributed by atoms with Crippen molar-refractivity contribution in [2.75, 3.05) is 11.6 Å². The van der Waals surface area contributed by atoms with Crippen molar-refractivity contribution in [1.82, 2.24) is 10.4 Å². The number of pyridine rings is 1. The molecule has 7 heteroatoms. The molecule has 1 aliphatic heterocycles. The molecule has 0 radical (unpaired) electrons. The van der Waals surface area contributed by atoms with Crippen LogP contribution in [-0.2, 0) is 0 Å². The third kappa shape index (κ3) is 5.73. The molecule has 7 nitrogen and oxygen atoms in total. The van der Waals surface area contributed by atoms with Gasteiger partial charge in [0.05, 0.1) is 30.3 Å². The van der Waals surface area contributed by atoms with Crippen molar-refractivity contribution in [2.24, 2.45) is 10.2 Å². The van der Waals surface area contributed by atoms with Crippen LogP contribution in [0.25, 0.3) is 0 Å². The molecule has 3 aromatic carbocycles. The van der Waals surface area contributed by atoms with Crippen molar-refractivity contribution in [3.63, 3.8) is 0 Å². The molecule has 0 aliphatic carbocycles. The van der Waals surface area contributed by atoms with Gasteiger partial charge in [0, 0.05) is 24.4 Å². The van der Waals surface area contributed by atoms with Crippen LogP contribution in [0.15, 0.2) is 114 Å². The number of nitrogens with one attached hydrogen (secondary N) is 1. The minimum Gasteiger partial charge on any atom is -0.494 e. The Labute approximate surface area is 216 Å². The van der Waals surface area contributed by atoms with E-state index in [1.54, 1.807) is 30.7 Å². The fraction of sp³-hybridized carbons (Fsp3) is 0.133. The first-order valence-electron chi connectivity index (χ1n) is 12.2. The SMILES string of the molecule is CCOc1ccc(C2CC(c3ccccc3)=NN2c2ccc(/C=N\NC(=O)c3ccncc3)cc2)cc1. The molecule has 1 unspecified atom stereocenters. The van der Waals surface area contributed by atoms with Gasteiger partial charge in [0.15, 0.2) is 0 Å². The highest BCUT2D eigenvalue weighted by molar-refractivity contribution is 6.03. The van der Waals surface area contributed by atoms with Crippen molar-refractivity contribution >= 4 is 23.5 Å². The lowest BCUT2D eigenvalue weighted by atomic mass is 9.98. The van der Waals surface area contributed by atoms with Crippen LogP contribution in [0, 0.1) is 0 Å². The number of carbonyl (C=O) groups is 1. The van der Waals surface area contributed by atoms with Crippen molar-refractivity contribution in [3.8, 4) is 5.75 Å². The summed E-state index contributed by atoms with van der Waals surface area (Å²) in [6, 6.07) is 29.8. The number of carbonyl (C=O) groups excluding carboxylic acids is 1. The second kappa shape index (κ2) is 11.3. The van der Waals surface area contributed by atoms with Gasteiger partial charge < -0.3 is 4.74 Å². The summed E-state index contributed by atoms with van der Waals surface area (Å²) < 4.78 is 5.63. The first-order valence-corrected chi connectivity index (χ1v) is 12.2. The quantitative estimate of drug-likeness (QED) is 0.258. The van der Waals surface area contributed by atoms with Gasteiger partial charge in [-0.1, -0.05) is 54.6 Å². The minimum absolute atomic E-state index is 0.0602. The molecule has 5 rings (SSSR count). The predicted octanol–water partition coefficient (Wildman–Crippen LogP) is 5.60. The zero-order chi connectivity index (χ0) is 25.5. The fourth-order valence-electron chi connectivity index (χ4n) is 4.21. The van der Waals surface area contributed by atoms with E-state index in [1.165, 1.54) is 5.56 Å². The Morgan fingerprint density at radius 1 is 1.00 bits per heavy atom. The number of ether oxygens (including phenoxy) is 1. The van der Waals surface area contributed by atoms with Gasteiger partial charge in [0.2, 0.25) is 0 Å². The Balaban J connectivity index is 1.35. The van der Waals surface area contributed by atoms with Gasteiger partial charge in [-0.15, -0.1) is 0 Å². The Kier molecular flexibility index (Phi) is 7.31. The number of hydrazone groups is 2. The summed E-state index contributed by atoms with van der Waals surface area (Å²) in [5, 5.41) is 11.2. The van der Waals surface area contributed by atoms with Crippen LogP contribution in [0.1, 0.15) is 46.4 Å². The van der Waals surface area contributed by atoms with Crippen LogP contribution in [0.4, 0.5) is 5.69 Å². The van der Waals surface area contributed by atoms with Crippen molar-refractivity contribution in [1.29, 1.82) is 0 Å². The van der Waals surface area contributed by atoms with E-state index in [-0.39, 0.29) is 11.9 Å². The Morgan fingerprint density at radius 3 is 2.43 bits per heavy atom. The first-order chi connectivity index (χ1) is 18.2. The highest BCUT2D eigenvalue weighted by atomic mass is 16.5. The molecular weight excluding hydrogens is 462 g/mol. The second-order valence-corrected chi connectivity index (χ2v) is 8.51. The lowest BCUT2D eigenvalue weighted by Gasteiger charge is -2.24. The van der Waals surface area contributed by atoms with E-state index in [0.717, 1.165) is 34.7 Å². The number of hydrogen-bond donors (Lipinski definition) is 1. The Bertz CT molecular complexity index is 1390. The van der Waals surface area contributed by atoms with E-state index in [2.05, 4.69) is 44.8 Å². The monoisotopic (exact) mass is 489 g/mol. The third-order valence-electron chi connectivity index (χ3n) is 6.07. The molecule has 0 fully saturated rings. The maximum absolute atomic E-state index is 12.2. The van der Waals surface area contributed by atoms with E-state index in [4.69, 9.17) is 9.84 Å². The summed E-state index contributed by atoms with van der Waals surface area (Å²) in [5.74, 6) is 0.577. The number of amides is 1. The molecule has 1 aromatic heterocycles. The summed E-state index contributed by atoms with van der Waals surface area (Å²) in [4.78, 5) is 16.1. The van der Waals surface area contributed by atoms with Crippen LogP contribution < -0.4 is 15.2 Å². The van der Waals surface area contributed by atoms with E-state index in [9.17, 15) is 4.79 Å². The van der Waals surface area contributed by atoms with Crippen LogP contribution >= 0.6 is 0 Å². The summed E-state index contributed by atoms with van der Waals surface area (Å²) in [5.41, 5.74) is 8.22. The predicted molar refractivity (Wildman–Crippen MR) is 146 cm³/mol. The van der Waals surface area contributed by atoms with Gasteiger partial charge in [-0.05, 0) is 60.0 Å². The van der Waals surface area contributed by atoms with Crippen LogP contribution in [-0.4, -0.2) is 29.4 Å². The number of aromatic nitrogens is 1. The Hall–Kier alpha value is -4.78. The minimum atomic E-state index is -0.284. The second-order valence-electron chi connectivity index (χ2n) is 8.51. The van der Waals surface area contributed by atoms with Gasteiger partial charge in [-0.3, -0.25) is 14.8 Å².